The van der Waals surface area contributed by atoms with Gasteiger partial charge in [-0.05, 0) is 36.1 Å². The van der Waals surface area contributed by atoms with Crippen LogP contribution in [0, 0.1) is 5.92 Å². The summed E-state index contributed by atoms with van der Waals surface area (Å²) in [6.45, 7) is 6.93. The molecule has 2 N–H and O–H groups in total. The topological polar surface area (TPSA) is 76.0 Å². The van der Waals surface area contributed by atoms with Gasteiger partial charge in [-0.2, -0.15) is 5.10 Å². The lowest BCUT2D eigenvalue weighted by Crippen LogP contribution is -2.24. The van der Waals surface area contributed by atoms with Crippen LogP contribution in [0.3, 0.4) is 0 Å². The van der Waals surface area contributed by atoms with Crippen LogP contribution in [-0.4, -0.2) is 21.6 Å². The Morgan fingerprint density at radius 2 is 1.77 bits per heavy atom. The van der Waals surface area contributed by atoms with Crippen molar-refractivity contribution in [2.45, 2.75) is 46.7 Å². The van der Waals surface area contributed by atoms with Crippen molar-refractivity contribution >= 4 is 17.5 Å². The van der Waals surface area contributed by atoms with E-state index in [2.05, 4.69) is 15.7 Å². The van der Waals surface area contributed by atoms with Gasteiger partial charge in [0.25, 0.3) is 5.91 Å². The first kappa shape index (κ1) is 22.3. The molecule has 3 aromatic rings. The molecule has 1 heterocycles. The van der Waals surface area contributed by atoms with E-state index in [0.717, 1.165) is 28.9 Å². The Morgan fingerprint density at radius 3 is 2.48 bits per heavy atom. The molecule has 0 aliphatic heterocycles. The first-order valence-corrected chi connectivity index (χ1v) is 10.8. The van der Waals surface area contributed by atoms with Crippen molar-refractivity contribution in [2.75, 3.05) is 5.32 Å². The average molecular weight is 419 g/mol. The maximum atomic E-state index is 12.8. The Bertz CT molecular complexity index is 1030. The van der Waals surface area contributed by atoms with Gasteiger partial charge in [-0.25, -0.2) is 0 Å². The van der Waals surface area contributed by atoms with E-state index in [1.54, 1.807) is 6.20 Å². The molecule has 0 saturated heterocycles. The van der Waals surface area contributed by atoms with Crippen LogP contribution in [0.5, 0.6) is 0 Å². The van der Waals surface area contributed by atoms with Crippen LogP contribution >= 0.6 is 0 Å². The molecule has 6 heteroatoms. The van der Waals surface area contributed by atoms with Gasteiger partial charge >= 0.3 is 0 Å². The summed E-state index contributed by atoms with van der Waals surface area (Å²) >= 11 is 0. The lowest BCUT2D eigenvalue weighted by atomic mass is 10.1. The Morgan fingerprint density at radius 1 is 1.03 bits per heavy atom. The lowest BCUT2D eigenvalue weighted by molar-refractivity contribution is -0.119. The highest BCUT2D eigenvalue weighted by molar-refractivity contribution is 5.95. The van der Waals surface area contributed by atoms with E-state index in [-0.39, 0.29) is 17.7 Å². The van der Waals surface area contributed by atoms with E-state index in [4.69, 9.17) is 0 Å². The lowest BCUT2D eigenvalue weighted by Gasteiger charge is -2.12. The van der Waals surface area contributed by atoms with Crippen molar-refractivity contribution in [1.29, 1.82) is 0 Å². The molecule has 6 nitrogen and oxygen atoms in total. The fourth-order valence-corrected chi connectivity index (χ4v) is 3.35. The van der Waals surface area contributed by atoms with Gasteiger partial charge in [0, 0.05) is 18.2 Å². The normalized spacial score (nSPS) is 11.7. The minimum atomic E-state index is -0.148. The van der Waals surface area contributed by atoms with Gasteiger partial charge in [0.2, 0.25) is 5.91 Å². The van der Waals surface area contributed by atoms with Gasteiger partial charge < -0.3 is 10.6 Å². The molecular formula is C25H30N4O2. The van der Waals surface area contributed by atoms with Crippen LogP contribution in [0.15, 0.2) is 60.8 Å². The summed E-state index contributed by atoms with van der Waals surface area (Å²) in [5.74, 6) is -0.185. The van der Waals surface area contributed by atoms with Crippen LogP contribution in [0.2, 0.25) is 0 Å². The molecule has 1 atom stereocenters. The maximum Gasteiger partial charge on any atom is 0.255 e. The zero-order valence-corrected chi connectivity index (χ0v) is 18.4. The summed E-state index contributed by atoms with van der Waals surface area (Å²) in [7, 11) is 0. The number of rotatable bonds is 9. The number of carbonyl (C=O) groups is 2. The fraction of sp³-hybridized carbons (Fsp3) is 0.320. The largest absolute Gasteiger partial charge is 0.348 e. The molecule has 3 rings (SSSR count). The predicted molar refractivity (Wildman–Crippen MR) is 123 cm³/mol. The fourth-order valence-electron chi connectivity index (χ4n) is 3.35. The smallest absolute Gasteiger partial charge is 0.255 e. The number of nitrogens with one attached hydrogen (secondary N) is 2. The molecular weight excluding hydrogens is 388 g/mol. The van der Waals surface area contributed by atoms with Gasteiger partial charge in [-0.1, -0.05) is 63.2 Å². The van der Waals surface area contributed by atoms with Crippen molar-refractivity contribution in [2.24, 2.45) is 5.92 Å². The van der Waals surface area contributed by atoms with Crippen LogP contribution in [-0.2, 0) is 24.3 Å². The molecule has 31 heavy (non-hydrogen) atoms. The van der Waals surface area contributed by atoms with E-state index in [1.807, 2.05) is 80.1 Å². The number of anilines is 1. The monoisotopic (exact) mass is 418 g/mol. The first-order chi connectivity index (χ1) is 15.0. The number of amides is 2. The highest BCUT2D eigenvalue weighted by Gasteiger charge is 2.16. The van der Waals surface area contributed by atoms with Crippen LogP contribution in [0.4, 0.5) is 5.69 Å². The highest BCUT2D eigenvalue weighted by atomic mass is 16.2. The Balaban J connectivity index is 1.65. The molecule has 0 saturated carbocycles. The minimum Gasteiger partial charge on any atom is -0.348 e. The van der Waals surface area contributed by atoms with Crippen LogP contribution in [0.25, 0.3) is 0 Å². The SMILES string of the molecule is CCc1c(C(=O)NCc2cccc(NC(=O)C(C)CC)c2)cnn1Cc1ccccc1. The Hall–Kier alpha value is -3.41. The third-order valence-electron chi connectivity index (χ3n) is 5.41. The van der Waals surface area contributed by atoms with Gasteiger partial charge in [-0.15, -0.1) is 0 Å². The van der Waals surface area contributed by atoms with Crippen molar-refractivity contribution < 1.29 is 9.59 Å². The second-order valence-corrected chi connectivity index (χ2v) is 7.68. The molecule has 0 aliphatic carbocycles. The van der Waals surface area contributed by atoms with Gasteiger partial charge in [-0.3, -0.25) is 14.3 Å². The molecule has 2 aromatic carbocycles. The first-order valence-electron chi connectivity index (χ1n) is 10.8. The van der Waals surface area contributed by atoms with Gasteiger partial charge in [0.15, 0.2) is 0 Å². The van der Waals surface area contributed by atoms with Crippen molar-refractivity contribution in [3.63, 3.8) is 0 Å². The van der Waals surface area contributed by atoms with Crippen molar-refractivity contribution in [3.8, 4) is 0 Å². The number of hydrogen-bond donors (Lipinski definition) is 2. The summed E-state index contributed by atoms with van der Waals surface area (Å²) < 4.78 is 1.88. The van der Waals surface area contributed by atoms with E-state index in [1.165, 1.54) is 0 Å². The molecule has 0 bridgehead atoms. The van der Waals surface area contributed by atoms with E-state index >= 15 is 0 Å². The maximum absolute atomic E-state index is 12.8. The van der Waals surface area contributed by atoms with Gasteiger partial charge in [0.05, 0.1) is 24.0 Å². The zero-order chi connectivity index (χ0) is 22.2. The summed E-state index contributed by atoms with van der Waals surface area (Å²) in [5, 5.41) is 10.3. The summed E-state index contributed by atoms with van der Waals surface area (Å²) in [5.41, 5.74) is 4.31. The second-order valence-electron chi connectivity index (χ2n) is 7.68. The number of nitrogens with zero attached hydrogens (tertiary/aromatic N) is 2. The van der Waals surface area contributed by atoms with E-state index in [0.29, 0.717) is 25.1 Å². The van der Waals surface area contributed by atoms with E-state index < -0.39 is 0 Å². The van der Waals surface area contributed by atoms with Crippen LogP contribution < -0.4 is 10.6 Å². The minimum absolute atomic E-state index is 0.00195. The average Bonchev–Trinajstić information content (AvgIpc) is 3.20. The summed E-state index contributed by atoms with van der Waals surface area (Å²) in [6, 6.07) is 17.6. The number of hydrogen-bond acceptors (Lipinski definition) is 3. The highest BCUT2D eigenvalue weighted by Crippen LogP contribution is 2.15. The molecule has 0 fully saturated rings. The summed E-state index contributed by atoms with van der Waals surface area (Å²) in [6.07, 6.45) is 3.14. The molecule has 162 valence electrons. The molecule has 0 aliphatic rings. The molecule has 1 aromatic heterocycles. The Kier molecular flexibility index (Phi) is 7.60. The standard InChI is InChI=1S/C25H30N4O2/c1-4-18(3)24(30)28-21-13-9-12-20(14-21)15-26-25(31)22-16-27-29(23(22)5-2)17-19-10-7-6-8-11-19/h6-14,16,18H,4-5,15,17H2,1-3H3,(H,26,31)(H,28,30). The number of aromatic nitrogens is 2. The zero-order valence-electron chi connectivity index (χ0n) is 18.4. The predicted octanol–water partition coefficient (Wildman–Crippen LogP) is 4.41. The van der Waals surface area contributed by atoms with Crippen molar-refractivity contribution in [1.82, 2.24) is 15.1 Å². The molecule has 0 spiro atoms. The number of benzene rings is 2. The second kappa shape index (κ2) is 10.6. The third kappa shape index (κ3) is 5.81. The molecule has 2 amide bonds. The van der Waals surface area contributed by atoms with E-state index in [9.17, 15) is 9.59 Å². The number of carbonyl (C=O) groups excluding carboxylic acids is 2. The third-order valence-corrected chi connectivity index (χ3v) is 5.41. The quantitative estimate of drug-likeness (QED) is 0.540. The molecule has 1 unspecified atom stereocenters. The van der Waals surface area contributed by atoms with Crippen molar-refractivity contribution in [3.05, 3.63) is 83.2 Å². The molecule has 0 radical (unpaired) electrons. The Labute approximate surface area is 183 Å². The summed E-state index contributed by atoms with van der Waals surface area (Å²) in [4.78, 5) is 24.9. The van der Waals surface area contributed by atoms with Gasteiger partial charge in [0.1, 0.15) is 0 Å². The van der Waals surface area contributed by atoms with Crippen LogP contribution in [0.1, 0.15) is 54.4 Å².